The minimum Gasteiger partial charge on any atom is -0.383 e. The van der Waals surface area contributed by atoms with Gasteiger partial charge in [0.05, 0.1) is 18.3 Å². The average molecular weight is 289 g/mol. The molecular formula is C15H19N3O3. The molecule has 0 aliphatic carbocycles. The molecule has 0 aliphatic rings. The van der Waals surface area contributed by atoms with Gasteiger partial charge in [0.15, 0.2) is 5.76 Å². The van der Waals surface area contributed by atoms with Crippen molar-refractivity contribution in [1.29, 1.82) is 0 Å². The maximum Gasteiger partial charge on any atom is 0.257 e. The molecule has 6 nitrogen and oxygen atoms in total. The highest BCUT2D eigenvalue weighted by molar-refractivity contribution is 6.00. The van der Waals surface area contributed by atoms with Gasteiger partial charge in [-0.25, -0.2) is 0 Å². The van der Waals surface area contributed by atoms with Gasteiger partial charge < -0.3 is 14.6 Å². The second-order valence-electron chi connectivity index (χ2n) is 4.74. The van der Waals surface area contributed by atoms with Gasteiger partial charge in [0.1, 0.15) is 5.56 Å². The minimum absolute atomic E-state index is 0.0397. The molecule has 0 fully saturated rings. The summed E-state index contributed by atoms with van der Waals surface area (Å²) >= 11 is 0. The fourth-order valence-corrected chi connectivity index (χ4v) is 2.06. The lowest BCUT2D eigenvalue weighted by Crippen LogP contribution is -2.37. The van der Waals surface area contributed by atoms with Crippen LogP contribution in [0.3, 0.4) is 0 Å². The fourth-order valence-electron chi connectivity index (χ4n) is 2.06. The van der Waals surface area contributed by atoms with Gasteiger partial charge in [-0.3, -0.25) is 9.78 Å². The van der Waals surface area contributed by atoms with Crippen molar-refractivity contribution in [2.75, 3.05) is 13.7 Å². The van der Waals surface area contributed by atoms with Crippen LogP contribution in [-0.4, -0.2) is 35.8 Å². The van der Waals surface area contributed by atoms with E-state index in [0.29, 0.717) is 23.6 Å². The molecule has 0 spiro atoms. The highest BCUT2D eigenvalue weighted by Crippen LogP contribution is 2.25. The Morgan fingerprint density at radius 3 is 2.76 bits per heavy atom. The molecule has 0 aliphatic heterocycles. The number of hydrogen-bond acceptors (Lipinski definition) is 5. The van der Waals surface area contributed by atoms with E-state index < -0.39 is 0 Å². The van der Waals surface area contributed by atoms with E-state index in [1.54, 1.807) is 38.6 Å². The number of carbonyl (C=O) groups is 1. The topological polar surface area (TPSA) is 77.2 Å². The van der Waals surface area contributed by atoms with Crippen LogP contribution in [0.2, 0.25) is 0 Å². The highest BCUT2D eigenvalue weighted by atomic mass is 16.5. The van der Waals surface area contributed by atoms with Crippen molar-refractivity contribution in [3.63, 3.8) is 0 Å². The van der Waals surface area contributed by atoms with Crippen molar-refractivity contribution in [2.24, 2.45) is 0 Å². The molecule has 1 unspecified atom stereocenters. The number of nitrogens with zero attached hydrogens (tertiary/aromatic N) is 2. The Bertz CT molecular complexity index is 595. The van der Waals surface area contributed by atoms with Gasteiger partial charge in [0.2, 0.25) is 0 Å². The summed E-state index contributed by atoms with van der Waals surface area (Å²) in [7, 11) is 1.61. The molecule has 1 atom stereocenters. The molecule has 0 aromatic carbocycles. The number of carbonyl (C=O) groups excluding carboxylic acids is 1. The van der Waals surface area contributed by atoms with Gasteiger partial charge in [-0.2, -0.15) is 0 Å². The van der Waals surface area contributed by atoms with E-state index >= 15 is 0 Å². The van der Waals surface area contributed by atoms with Crippen LogP contribution in [0.4, 0.5) is 0 Å². The summed E-state index contributed by atoms with van der Waals surface area (Å²) in [5.41, 5.74) is 1.79. The number of nitrogens with one attached hydrogen (secondary N) is 1. The summed E-state index contributed by atoms with van der Waals surface area (Å²) in [5.74, 6) is 0.254. The number of hydrogen-bond donors (Lipinski definition) is 1. The Labute approximate surface area is 123 Å². The number of amides is 1. The van der Waals surface area contributed by atoms with Crippen molar-refractivity contribution in [2.45, 2.75) is 26.3 Å². The maximum absolute atomic E-state index is 12.5. The molecule has 112 valence electrons. The normalized spacial score (nSPS) is 12.1. The molecule has 0 radical (unpaired) electrons. The first-order chi connectivity index (χ1) is 10.2. The Morgan fingerprint density at radius 1 is 1.43 bits per heavy atom. The van der Waals surface area contributed by atoms with Crippen LogP contribution >= 0.6 is 0 Å². The predicted molar refractivity (Wildman–Crippen MR) is 77.9 cm³/mol. The average Bonchev–Trinajstić information content (AvgIpc) is 2.89. The first-order valence-corrected chi connectivity index (χ1v) is 6.83. The first-order valence-electron chi connectivity index (χ1n) is 6.83. The fraction of sp³-hybridized carbons (Fsp3) is 0.400. The molecule has 0 bridgehead atoms. The molecule has 2 aromatic rings. The summed E-state index contributed by atoms with van der Waals surface area (Å²) < 4.78 is 10.4. The third-order valence-corrected chi connectivity index (χ3v) is 3.23. The van der Waals surface area contributed by atoms with Gasteiger partial charge >= 0.3 is 0 Å². The lowest BCUT2D eigenvalue weighted by Gasteiger charge is -2.15. The van der Waals surface area contributed by atoms with E-state index in [1.165, 1.54) is 0 Å². The van der Waals surface area contributed by atoms with Crippen molar-refractivity contribution >= 4 is 5.91 Å². The minimum atomic E-state index is -0.204. The maximum atomic E-state index is 12.5. The van der Waals surface area contributed by atoms with Gasteiger partial charge in [-0.1, -0.05) is 12.1 Å². The number of ether oxygens (including phenoxy) is 1. The SMILES string of the molecule is CCC(COC)NC(=O)c1c(C)noc1-c1ccncc1. The molecule has 0 saturated heterocycles. The van der Waals surface area contributed by atoms with E-state index in [0.717, 1.165) is 12.0 Å². The molecule has 2 aromatic heterocycles. The molecule has 2 rings (SSSR count). The summed E-state index contributed by atoms with van der Waals surface area (Å²) in [6.45, 7) is 4.21. The van der Waals surface area contributed by atoms with Crippen LogP contribution in [0.1, 0.15) is 29.4 Å². The second kappa shape index (κ2) is 6.99. The van der Waals surface area contributed by atoms with Crippen molar-refractivity contribution in [3.8, 4) is 11.3 Å². The number of methoxy groups -OCH3 is 1. The van der Waals surface area contributed by atoms with Gasteiger partial charge in [0, 0.05) is 25.1 Å². The molecule has 1 amide bonds. The molecule has 21 heavy (non-hydrogen) atoms. The largest absolute Gasteiger partial charge is 0.383 e. The van der Waals surface area contributed by atoms with Crippen molar-refractivity contribution < 1.29 is 14.1 Å². The molecule has 6 heteroatoms. The molecule has 1 N–H and O–H groups in total. The summed E-state index contributed by atoms with van der Waals surface area (Å²) in [6, 6.07) is 3.52. The quantitative estimate of drug-likeness (QED) is 0.882. The van der Waals surface area contributed by atoms with Crippen LogP contribution in [0.15, 0.2) is 29.0 Å². The van der Waals surface area contributed by atoms with E-state index in [9.17, 15) is 4.79 Å². The lowest BCUT2D eigenvalue weighted by atomic mass is 10.1. The Kier molecular flexibility index (Phi) is 5.05. The van der Waals surface area contributed by atoms with Crippen LogP contribution < -0.4 is 5.32 Å². The van der Waals surface area contributed by atoms with Crippen molar-refractivity contribution in [1.82, 2.24) is 15.5 Å². The van der Waals surface area contributed by atoms with Crippen LogP contribution in [0.5, 0.6) is 0 Å². The number of pyridine rings is 1. The van der Waals surface area contributed by atoms with E-state index in [4.69, 9.17) is 9.26 Å². The Morgan fingerprint density at radius 2 is 2.14 bits per heavy atom. The standard InChI is InChI=1S/C15H19N3O3/c1-4-12(9-20-3)17-15(19)13-10(2)18-21-14(13)11-5-7-16-8-6-11/h5-8,12H,4,9H2,1-3H3,(H,17,19). The Balaban J connectivity index is 2.27. The summed E-state index contributed by atoms with van der Waals surface area (Å²) in [6.07, 6.45) is 4.08. The predicted octanol–water partition coefficient (Wildman–Crippen LogP) is 2.20. The number of aryl methyl sites for hydroxylation is 1. The molecule has 0 saturated carbocycles. The van der Waals surface area contributed by atoms with E-state index in [2.05, 4.69) is 15.5 Å². The lowest BCUT2D eigenvalue weighted by molar-refractivity contribution is 0.0894. The number of rotatable bonds is 6. The molecule has 2 heterocycles. The zero-order chi connectivity index (χ0) is 15.2. The van der Waals surface area contributed by atoms with Crippen molar-refractivity contribution in [3.05, 3.63) is 35.8 Å². The summed E-state index contributed by atoms with van der Waals surface area (Å²) in [5, 5.41) is 6.85. The zero-order valence-corrected chi connectivity index (χ0v) is 12.4. The Hall–Kier alpha value is -2.21. The third kappa shape index (κ3) is 3.46. The van der Waals surface area contributed by atoms with Gasteiger partial charge in [0.25, 0.3) is 5.91 Å². The van der Waals surface area contributed by atoms with E-state index in [-0.39, 0.29) is 11.9 Å². The number of aromatic nitrogens is 2. The van der Waals surface area contributed by atoms with Crippen LogP contribution in [-0.2, 0) is 4.74 Å². The van der Waals surface area contributed by atoms with Crippen LogP contribution in [0, 0.1) is 6.92 Å². The van der Waals surface area contributed by atoms with E-state index in [1.807, 2.05) is 6.92 Å². The van der Waals surface area contributed by atoms with Crippen LogP contribution in [0.25, 0.3) is 11.3 Å². The third-order valence-electron chi connectivity index (χ3n) is 3.23. The monoisotopic (exact) mass is 289 g/mol. The first kappa shape index (κ1) is 15.2. The summed E-state index contributed by atoms with van der Waals surface area (Å²) in [4.78, 5) is 16.4. The molecular weight excluding hydrogens is 270 g/mol. The van der Waals surface area contributed by atoms with Gasteiger partial charge in [-0.05, 0) is 25.5 Å². The smallest absolute Gasteiger partial charge is 0.257 e. The zero-order valence-electron chi connectivity index (χ0n) is 12.4. The van der Waals surface area contributed by atoms with Gasteiger partial charge in [-0.15, -0.1) is 0 Å². The highest BCUT2D eigenvalue weighted by Gasteiger charge is 2.23. The second-order valence-corrected chi connectivity index (χ2v) is 4.74.